The van der Waals surface area contributed by atoms with Crippen LogP contribution in [0.3, 0.4) is 0 Å². The molecule has 0 radical (unpaired) electrons. The summed E-state index contributed by atoms with van der Waals surface area (Å²) in [5, 5.41) is 0. The Morgan fingerprint density at radius 3 is 2.16 bits per heavy atom. The van der Waals surface area contributed by atoms with Crippen LogP contribution in [-0.4, -0.2) is 38.1 Å². The topological polar surface area (TPSA) is 38.8 Å². The number of hydrogen-bond acceptors (Lipinski definition) is 3. The minimum Gasteiger partial charge on any atom is -0.496 e. The number of nitrogens with zero attached hydrogens (tertiary/aromatic N) is 1. The van der Waals surface area contributed by atoms with E-state index in [1.165, 1.54) is 0 Å². The molecule has 0 N–H and O–H groups in total. The number of rotatable bonds is 7. The lowest BCUT2D eigenvalue weighted by Crippen LogP contribution is -2.32. The van der Waals surface area contributed by atoms with Crippen molar-refractivity contribution in [3.05, 3.63) is 23.8 Å². The first-order valence-electron chi connectivity index (χ1n) is 6.69. The minimum absolute atomic E-state index is 0.0368. The predicted octanol–water partition coefficient (Wildman–Crippen LogP) is 2.97. The van der Waals surface area contributed by atoms with Gasteiger partial charge in [0.1, 0.15) is 17.1 Å². The molecular formula is C15H23NO3. The lowest BCUT2D eigenvalue weighted by atomic mass is 10.1. The van der Waals surface area contributed by atoms with Crippen LogP contribution in [0.1, 0.15) is 37.0 Å². The molecule has 0 saturated heterocycles. The van der Waals surface area contributed by atoms with E-state index in [-0.39, 0.29) is 5.91 Å². The average molecular weight is 265 g/mol. The van der Waals surface area contributed by atoms with Crippen molar-refractivity contribution in [3.63, 3.8) is 0 Å². The third-order valence-corrected chi connectivity index (χ3v) is 3.09. The van der Waals surface area contributed by atoms with Gasteiger partial charge in [-0.1, -0.05) is 19.4 Å². The van der Waals surface area contributed by atoms with Crippen LogP contribution in [0.25, 0.3) is 0 Å². The summed E-state index contributed by atoms with van der Waals surface area (Å²) in [5.41, 5.74) is 0.505. The molecule has 0 aliphatic rings. The van der Waals surface area contributed by atoms with Crippen LogP contribution in [0.5, 0.6) is 11.5 Å². The van der Waals surface area contributed by atoms with E-state index in [1.807, 2.05) is 17.9 Å². The number of benzene rings is 1. The summed E-state index contributed by atoms with van der Waals surface area (Å²) >= 11 is 0. The van der Waals surface area contributed by atoms with Crippen molar-refractivity contribution in [1.29, 1.82) is 0 Å². The van der Waals surface area contributed by atoms with Crippen LogP contribution in [0.2, 0.25) is 0 Å². The van der Waals surface area contributed by atoms with Crippen molar-refractivity contribution in [2.75, 3.05) is 27.3 Å². The standard InChI is InChI=1S/C15H23NO3/c1-5-7-11-16(6-2)15(17)14-12(18-3)9-8-10-13(14)19-4/h8-10H,5-7,11H2,1-4H3. The molecular weight excluding hydrogens is 242 g/mol. The Hall–Kier alpha value is -1.71. The normalized spacial score (nSPS) is 10.1. The van der Waals surface area contributed by atoms with Crippen LogP contribution >= 0.6 is 0 Å². The fourth-order valence-corrected chi connectivity index (χ4v) is 1.97. The van der Waals surface area contributed by atoms with Crippen LogP contribution in [0.4, 0.5) is 0 Å². The lowest BCUT2D eigenvalue weighted by Gasteiger charge is -2.22. The van der Waals surface area contributed by atoms with Gasteiger partial charge in [0.25, 0.3) is 5.91 Å². The molecule has 0 aromatic heterocycles. The van der Waals surface area contributed by atoms with E-state index in [0.717, 1.165) is 19.4 Å². The predicted molar refractivity (Wildman–Crippen MR) is 76.0 cm³/mol. The number of amides is 1. The first-order valence-corrected chi connectivity index (χ1v) is 6.69. The minimum atomic E-state index is -0.0368. The summed E-state index contributed by atoms with van der Waals surface area (Å²) in [5.74, 6) is 1.07. The summed E-state index contributed by atoms with van der Waals surface area (Å²) in [7, 11) is 3.13. The van der Waals surface area contributed by atoms with E-state index in [2.05, 4.69) is 6.92 Å². The number of hydrogen-bond donors (Lipinski definition) is 0. The third kappa shape index (κ3) is 3.63. The molecule has 0 spiro atoms. The molecule has 0 aliphatic heterocycles. The second-order valence-corrected chi connectivity index (χ2v) is 4.28. The zero-order valence-corrected chi connectivity index (χ0v) is 12.2. The molecule has 1 rings (SSSR count). The molecule has 0 saturated carbocycles. The Kier molecular flexibility index (Phi) is 6.19. The van der Waals surface area contributed by atoms with Crippen LogP contribution in [-0.2, 0) is 0 Å². The first-order chi connectivity index (χ1) is 9.19. The second-order valence-electron chi connectivity index (χ2n) is 4.28. The molecule has 1 amide bonds. The highest BCUT2D eigenvalue weighted by Crippen LogP contribution is 2.29. The van der Waals surface area contributed by atoms with Gasteiger partial charge in [-0.3, -0.25) is 4.79 Å². The molecule has 0 heterocycles. The quantitative estimate of drug-likeness (QED) is 0.761. The zero-order valence-electron chi connectivity index (χ0n) is 12.2. The smallest absolute Gasteiger partial charge is 0.261 e. The van der Waals surface area contributed by atoms with Crippen molar-refractivity contribution < 1.29 is 14.3 Å². The van der Waals surface area contributed by atoms with Crippen molar-refractivity contribution in [2.45, 2.75) is 26.7 Å². The van der Waals surface area contributed by atoms with E-state index >= 15 is 0 Å². The van der Waals surface area contributed by atoms with Gasteiger partial charge in [0.05, 0.1) is 14.2 Å². The van der Waals surface area contributed by atoms with E-state index in [1.54, 1.807) is 26.4 Å². The number of carbonyl (C=O) groups is 1. The van der Waals surface area contributed by atoms with Gasteiger partial charge in [-0.05, 0) is 25.5 Å². The SMILES string of the molecule is CCCCN(CC)C(=O)c1c(OC)cccc1OC. The maximum atomic E-state index is 12.6. The summed E-state index contributed by atoms with van der Waals surface area (Å²) in [6, 6.07) is 5.38. The number of unbranched alkanes of at least 4 members (excludes halogenated alkanes) is 1. The molecule has 0 unspecified atom stereocenters. The van der Waals surface area contributed by atoms with E-state index in [0.29, 0.717) is 23.6 Å². The van der Waals surface area contributed by atoms with Crippen molar-refractivity contribution in [2.24, 2.45) is 0 Å². The fourth-order valence-electron chi connectivity index (χ4n) is 1.97. The van der Waals surface area contributed by atoms with Gasteiger partial charge >= 0.3 is 0 Å². The van der Waals surface area contributed by atoms with Gasteiger partial charge in [-0.15, -0.1) is 0 Å². The van der Waals surface area contributed by atoms with Gasteiger partial charge in [0.2, 0.25) is 0 Å². The fraction of sp³-hybridized carbons (Fsp3) is 0.533. The number of methoxy groups -OCH3 is 2. The highest BCUT2D eigenvalue weighted by atomic mass is 16.5. The summed E-state index contributed by atoms with van der Waals surface area (Å²) in [6.45, 7) is 5.53. The van der Waals surface area contributed by atoms with Crippen LogP contribution in [0.15, 0.2) is 18.2 Å². The zero-order chi connectivity index (χ0) is 14.3. The second kappa shape index (κ2) is 7.67. The molecule has 106 valence electrons. The average Bonchev–Trinajstić information content (AvgIpc) is 2.46. The Bertz CT molecular complexity index is 396. The van der Waals surface area contributed by atoms with Crippen molar-refractivity contribution in [3.8, 4) is 11.5 Å². The largest absolute Gasteiger partial charge is 0.496 e. The molecule has 1 aromatic carbocycles. The van der Waals surface area contributed by atoms with E-state index in [9.17, 15) is 4.79 Å². The summed E-state index contributed by atoms with van der Waals surface area (Å²) in [4.78, 5) is 14.4. The maximum absolute atomic E-state index is 12.6. The number of ether oxygens (including phenoxy) is 2. The molecule has 4 nitrogen and oxygen atoms in total. The maximum Gasteiger partial charge on any atom is 0.261 e. The van der Waals surface area contributed by atoms with Gasteiger partial charge in [0.15, 0.2) is 0 Å². The Labute approximate surface area is 115 Å². The van der Waals surface area contributed by atoms with Gasteiger partial charge in [0, 0.05) is 13.1 Å². The molecule has 0 fully saturated rings. The highest BCUT2D eigenvalue weighted by Gasteiger charge is 2.22. The Balaban J connectivity index is 3.08. The van der Waals surface area contributed by atoms with Crippen LogP contribution in [0, 0.1) is 0 Å². The molecule has 0 atom stereocenters. The van der Waals surface area contributed by atoms with Gasteiger partial charge in [-0.2, -0.15) is 0 Å². The van der Waals surface area contributed by atoms with Crippen LogP contribution < -0.4 is 9.47 Å². The molecule has 4 heteroatoms. The van der Waals surface area contributed by atoms with Gasteiger partial charge < -0.3 is 14.4 Å². The summed E-state index contributed by atoms with van der Waals surface area (Å²) < 4.78 is 10.6. The lowest BCUT2D eigenvalue weighted by molar-refractivity contribution is 0.0755. The molecule has 1 aromatic rings. The molecule has 0 aliphatic carbocycles. The van der Waals surface area contributed by atoms with Crippen molar-refractivity contribution in [1.82, 2.24) is 4.90 Å². The van der Waals surface area contributed by atoms with E-state index < -0.39 is 0 Å². The van der Waals surface area contributed by atoms with Gasteiger partial charge in [-0.25, -0.2) is 0 Å². The first kappa shape index (κ1) is 15.3. The Morgan fingerprint density at radius 1 is 1.16 bits per heavy atom. The third-order valence-electron chi connectivity index (χ3n) is 3.09. The summed E-state index contributed by atoms with van der Waals surface area (Å²) in [6.07, 6.45) is 2.06. The number of carbonyl (C=O) groups excluding carboxylic acids is 1. The highest BCUT2D eigenvalue weighted by molar-refractivity contribution is 5.99. The Morgan fingerprint density at radius 2 is 1.74 bits per heavy atom. The van der Waals surface area contributed by atoms with Crippen molar-refractivity contribution >= 4 is 5.91 Å². The molecule has 0 bridgehead atoms. The monoisotopic (exact) mass is 265 g/mol. The van der Waals surface area contributed by atoms with E-state index in [4.69, 9.17) is 9.47 Å². The molecule has 19 heavy (non-hydrogen) atoms.